The number of hydrogen-bond acceptors (Lipinski definition) is 8. The van der Waals surface area contributed by atoms with Gasteiger partial charge in [0.15, 0.2) is 23.7 Å². The Balaban J connectivity index is 1.65. The minimum atomic E-state index is -1.20. The summed E-state index contributed by atoms with van der Waals surface area (Å²) >= 11 is 2.06. The molecule has 0 fully saturated rings. The van der Waals surface area contributed by atoms with Gasteiger partial charge >= 0.3 is 6.09 Å². The molecule has 0 bridgehead atoms. The van der Waals surface area contributed by atoms with Crippen molar-refractivity contribution in [3.63, 3.8) is 0 Å². The Hall–Kier alpha value is -3.97. The predicted octanol–water partition coefficient (Wildman–Crippen LogP) is 4.52. The second-order valence-corrected chi connectivity index (χ2v) is 8.70. The normalized spacial score (nSPS) is 13.6. The summed E-state index contributed by atoms with van der Waals surface area (Å²) in [5.41, 5.74) is 2.15. The van der Waals surface area contributed by atoms with E-state index < -0.39 is 24.2 Å². The molecule has 0 spiro atoms. The standard InChI is InChI=1S/C25H21IN2O8/c26-15-6-8-19(29)18(12-15)24(21(10-11-23(30)28-32)35-17-4-2-1-3-5-17)36-25(31)27-16-7-9-20-22(13-16)34-14-33-20/h1-13,21,24,29,32H,14H2,(H,27,31)(H,28,30)/b11-10+/t21-,24-/m1/s1. The molecule has 4 N–H and O–H groups in total. The molecule has 36 heavy (non-hydrogen) atoms. The van der Waals surface area contributed by atoms with Crippen molar-refractivity contribution >= 4 is 40.3 Å². The Morgan fingerprint density at radius 1 is 1.03 bits per heavy atom. The van der Waals surface area contributed by atoms with Crippen molar-refractivity contribution in [3.05, 3.63) is 88.0 Å². The smallest absolute Gasteiger partial charge is 0.412 e. The minimum absolute atomic E-state index is 0.0868. The van der Waals surface area contributed by atoms with Gasteiger partial charge in [0.2, 0.25) is 6.79 Å². The van der Waals surface area contributed by atoms with E-state index in [1.54, 1.807) is 60.7 Å². The first-order chi connectivity index (χ1) is 17.4. The van der Waals surface area contributed by atoms with Crippen LogP contribution in [0.5, 0.6) is 23.0 Å². The molecule has 10 nitrogen and oxygen atoms in total. The lowest BCUT2D eigenvalue weighted by Crippen LogP contribution is -2.30. The number of ether oxygens (including phenoxy) is 4. The van der Waals surface area contributed by atoms with Crippen LogP contribution < -0.4 is 25.0 Å². The van der Waals surface area contributed by atoms with Crippen molar-refractivity contribution in [3.8, 4) is 23.0 Å². The first-order valence-electron chi connectivity index (χ1n) is 10.6. The highest BCUT2D eigenvalue weighted by Gasteiger charge is 2.30. The van der Waals surface area contributed by atoms with Crippen LogP contribution in [0.2, 0.25) is 0 Å². The molecule has 0 saturated carbocycles. The number of carbonyl (C=O) groups is 2. The van der Waals surface area contributed by atoms with Crippen LogP contribution in [0.15, 0.2) is 78.9 Å². The maximum absolute atomic E-state index is 13.0. The lowest BCUT2D eigenvalue weighted by molar-refractivity contribution is -0.124. The largest absolute Gasteiger partial charge is 0.508 e. The highest BCUT2D eigenvalue weighted by Crippen LogP contribution is 2.36. The predicted molar refractivity (Wildman–Crippen MR) is 136 cm³/mol. The van der Waals surface area contributed by atoms with Crippen LogP contribution >= 0.6 is 22.6 Å². The fourth-order valence-electron chi connectivity index (χ4n) is 3.38. The van der Waals surface area contributed by atoms with E-state index in [1.165, 1.54) is 17.6 Å². The molecule has 1 aliphatic rings. The van der Waals surface area contributed by atoms with Gasteiger partial charge in [-0.1, -0.05) is 18.2 Å². The Morgan fingerprint density at radius 3 is 2.58 bits per heavy atom. The molecule has 0 unspecified atom stereocenters. The molecule has 4 rings (SSSR count). The average molecular weight is 604 g/mol. The molecule has 11 heteroatoms. The maximum Gasteiger partial charge on any atom is 0.412 e. The molecule has 0 saturated heterocycles. The zero-order valence-corrected chi connectivity index (χ0v) is 20.7. The average Bonchev–Trinajstić information content (AvgIpc) is 3.35. The van der Waals surface area contributed by atoms with E-state index >= 15 is 0 Å². The molecule has 2 amide bonds. The van der Waals surface area contributed by atoms with E-state index in [-0.39, 0.29) is 18.1 Å². The molecular weight excluding hydrogens is 583 g/mol. The first kappa shape index (κ1) is 25.1. The number of aromatic hydroxyl groups is 1. The van der Waals surface area contributed by atoms with Crippen molar-refractivity contribution in [1.29, 1.82) is 0 Å². The zero-order valence-electron chi connectivity index (χ0n) is 18.6. The number of phenolic OH excluding ortho intramolecular Hbond substituents is 1. The monoisotopic (exact) mass is 604 g/mol. The Labute approximate surface area is 219 Å². The van der Waals surface area contributed by atoms with Gasteiger partial charge in [-0.3, -0.25) is 15.3 Å². The maximum atomic E-state index is 13.0. The van der Waals surface area contributed by atoms with Gasteiger partial charge < -0.3 is 24.1 Å². The highest BCUT2D eigenvalue weighted by molar-refractivity contribution is 14.1. The summed E-state index contributed by atoms with van der Waals surface area (Å²) in [6.07, 6.45) is -0.770. The summed E-state index contributed by atoms with van der Waals surface area (Å²) < 4.78 is 23.1. The van der Waals surface area contributed by atoms with Crippen LogP contribution in [-0.2, 0) is 9.53 Å². The van der Waals surface area contributed by atoms with Gasteiger partial charge in [-0.25, -0.2) is 10.3 Å². The zero-order chi connectivity index (χ0) is 25.5. The van der Waals surface area contributed by atoms with E-state index in [0.29, 0.717) is 22.9 Å². The number of amides is 2. The number of para-hydroxylation sites is 1. The Bertz CT molecular complexity index is 1270. The second kappa shape index (κ2) is 11.6. The van der Waals surface area contributed by atoms with Gasteiger partial charge in [-0.2, -0.15) is 0 Å². The third kappa shape index (κ3) is 6.37. The lowest BCUT2D eigenvalue weighted by atomic mass is 10.0. The van der Waals surface area contributed by atoms with E-state index in [4.69, 9.17) is 24.2 Å². The quantitative estimate of drug-likeness (QED) is 0.128. The SMILES string of the molecule is O=C(/C=C/[C@@H](Oc1ccccc1)[C@H](OC(=O)Nc1ccc2c(c1)OCO2)c1cc(I)ccc1O)NO. The summed E-state index contributed by atoms with van der Waals surface area (Å²) in [7, 11) is 0. The number of anilines is 1. The molecule has 3 aromatic carbocycles. The molecule has 2 atom stereocenters. The summed E-state index contributed by atoms with van der Waals surface area (Å²) in [5, 5.41) is 22.1. The van der Waals surface area contributed by atoms with Crippen LogP contribution in [0.3, 0.4) is 0 Å². The van der Waals surface area contributed by atoms with E-state index in [1.807, 2.05) is 0 Å². The second-order valence-electron chi connectivity index (χ2n) is 7.45. The molecule has 3 aromatic rings. The fraction of sp³-hybridized carbons (Fsp3) is 0.120. The van der Waals surface area contributed by atoms with Gasteiger partial charge in [-0.15, -0.1) is 0 Å². The van der Waals surface area contributed by atoms with Crippen LogP contribution in [0.1, 0.15) is 11.7 Å². The Kier molecular flexibility index (Phi) is 8.13. The molecule has 1 heterocycles. The van der Waals surface area contributed by atoms with Gasteiger partial charge in [0.1, 0.15) is 11.5 Å². The molecule has 0 radical (unpaired) electrons. The number of fused-ring (bicyclic) bond motifs is 1. The Morgan fingerprint density at radius 2 is 1.81 bits per heavy atom. The molecule has 0 aliphatic carbocycles. The van der Waals surface area contributed by atoms with Crippen molar-refractivity contribution in [2.45, 2.75) is 12.2 Å². The van der Waals surface area contributed by atoms with Crippen LogP contribution in [0, 0.1) is 3.57 Å². The number of benzene rings is 3. The van der Waals surface area contributed by atoms with Gasteiger partial charge in [0, 0.05) is 27.0 Å². The highest BCUT2D eigenvalue weighted by atomic mass is 127. The number of hydroxylamine groups is 1. The summed E-state index contributed by atoms with van der Waals surface area (Å²) in [4.78, 5) is 24.7. The van der Waals surface area contributed by atoms with E-state index in [2.05, 4.69) is 27.9 Å². The number of nitrogens with one attached hydrogen (secondary N) is 2. The number of hydrogen-bond donors (Lipinski definition) is 4. The first-order valence-corrected chi connectivity index (χ1v) is 11.7. The lowest BCUT2D eigenvalue weighted by Gasteiger charge is -2.27. The molecule has 0 aromatic heterocycles. The number of phenols is 1. The third-order valence-electron chi connectivity index (χ3n) is 5.01. The number of rotatable bonds is 8. The van der Waals surface area contributed by atoms with Crippen LogP contribution in [0.4, 0.5) is 10.5 Å². The fourth-order valence-corrected chi connectivity index (χ4v) is 3.89. The van der Waals surface area contributed by atoms with Crippen molar-refractivity contribution in [2.75, 3.05) is 12.1 Å². The number of halogens is 1. The summed E-state index contributed by atoms with van der Waals surface area (Å²) in [5.74, 6) is 0.499. The van der Waals surface area contributed by atoms with Gasteiger partial charge in [0.25, 0.3) is 5.91 Å². The van der Waals surface area contributed by atoms with Crippen LogP contribution in [-0.4, -0.2) is 35.2 Å². The van der Waals surface area contributed by atoms with Gasteiger partial charge in [0.05, 0.1) is 0 Å². The molecule has 1 aliphatic heterocycles. The van der Waals surface area contributed by atoms with E-state index in [9.17, 15) is 14.7 Å². The van der Waals surface area contributed by atoms with Crippen molar-refractivity contribution in [2.24, 2.45) is 0 Å². The van der Waals surface area contributed by atoms with Gasteiger partial charge in [-0.05, 0) is 71.1 Å². The number of carbonyl (C=O) groups excluding carboxylic acids is 2. The topological polar surface area (TPSA) is 136 Å². The van der Waals surface area contributed by atoms with Crippen molar-refractivity contribution < 1.29 is 38.9 Å². The molecular formula is C25H21IN2O8. The summed E-state index contributed by atoms with van der Waals surface area (Å²) in [6, 6.07) is 18.3. The van der Waals surface area contributed by atoms with Crippen molar-refractivity contribution in [1.82, 2.24) is 5.48 Å². The van der Waals surface area contributed by atoms with E-state index in [0.717, 1.165) is 9.65 Å². The van der Waals surface area contributed by atoms with Crippen LogP contribution in [0.25, 0.3) is 0 Å². The minimum Gasteiger partial charge on any atom is -0.508 e. The third-order valence-corrected chi connectivity index (χ3v) is 5.68. The molecule has 186 valence electrons. The summed E-state index contributed by atoms with van der Waals surface area (Å²) in [6.45, 7) is 0.0868.